The Morgan fingerprint density at radius 1 is 1.42 bits per heavy atom. The zero-order chi connectivity index (χ0) is 8.55. The van der Waals surface area contributed by atoms with Gasteiger partial charge in [0.25, 0.3) is 0 Å². The molecule has 2 aromatic rings. The monoisotopic (exact) mass is 198 g/mol. The van der Waals surface area contributed by atoms with Gasteiger partial charge < -0.3 is 4.40 Å². The SMILES string of the molecule is SCc1cn2cc(Cl)ccc2n1. The molecule has 0 N–H and O–H groups in total. The Morgan fingerprint density at radius 2 is 2.25 bits per heavy atom. The van der Waals surface area contributed by atoms with E-state index in [1.54, 1.807) is 0 Å². The maximum Gasteiger partial charge on any atom is 0.137 e. The smallest absolute Gasteiger partial charge is 0.137 e. The molecule has 0 amide bonds. The summed E-state index contributed by atoms with van der Waals surface area (Å²) >= 11 is 9.94. The second kappa shape index (κ2) is 2.99. The number of thiol groups is 1. The van der Waals surface area contributed by atoms with Crippen LogP contribution in [0.15, 0.2) is 24.5 Å². The molecule has 0 atom stereocenters. The molecule has 2 aromatic heterocycles. The van der Waals surface area contributed by atoms with E-state index in [1.165, 1.54) is 0 Å². The van der Waals surface area contributed by atoms with E-state index in [4.69, 9.17) is 11.6 Å². The number of pyridine rings is 1. The number of hydrogen-bond acceptors (Lipinski definition) is 2. The van der Waals surface area contributed by atoms with Crippen LogP contribution in [0.4, 0.5) is 0 Å². The van der Waals surface area contributed by atoms with Crippen molar-refractivity contribution in [2.24, 2.45) is 0 Å². The van der Waals surface area contributed by atoms with Crippen LogP contribution >= 0.6 is 24.2 Å². The largest absolute Gasteiger partial charge is 0.305 e. The van der Waals surface area contributed by atoms with E-state index in [1.807, 2.05) is 28.9 Å². The van der Waals surface area contributed by atoms with E-state index in [0.29, 0.717) is 10.8 Å². The van der Waals surface area contributed by atoms with Crippen LogP contribution in [-0.4, -0.2) is 9.38 Å². The summed E-state index contributed by atoms with van der Waals surface area (Å²) in [6.07, 6.45) is 3.76. The van der Waals surface area contributed by atoms with Gasteiger partial charge in [0.1, 0.15) is 5.65 Å². The molecular formula is C8H7ClN2S. The number of nitrogens with zero attached hydrogens (tertiary/aromatic N) is 2. The van der Waals surface area contributed by atoms with Crippen molar-refractivity contribution in [1.29, 1.82) is 0 Å². The number of hydrogen-bond donors (Lipinski definition) is 1. The van der Waals surface area contributed by atoms with Gasteiger partial charge in [-0.3, -0.25) is 0 Å². The van der Waals surface area contributed by atoms with Gasteiger partial charge in [-0.25, -0.2) is 4.98 Å². The van der Waals surface area contributed by atoms with Crippen LogP contribution in [0.1, 0.15) is 5.69 Å². The van der Waals surface area contributed by atoms with Crippen molar-refractivity contribution < 1.29 is 0 Å². The Kier molecular flexibility index (Phi) is 1.98. The normalized spacial score (nSPS) is 10.8. The lowest BCUT2D eigenvalue weighted by molar-refractivity contribution is 1.18. The molecule has 0 radical (unpaired) electrons. The van der Waals surface area contributed by atoms with E-state index >= 15 is 0 Å². The van der Waals surface area contributed by atoms with Crippen LogP contribution < -0.4 is 0 Å². The van der Waals surface area contributed by atoms with Gasteiger partial charge in [0, 0.05) is 18.1 Å². The first-order valence-corrected chi connectivity index (χ1v) is 4.54. The van der Waals surface area contributed by atoms with E-state index < -0.39 is 0 Å². The predicted octanol–water partition coefficient (Wildman–Crippen LogP) is 2.42. The van der Waals surface area contributed by atoms with Crippen molar-refractivity contribution in [2.75, 3.05) is 0 Å². The molecule has 12 heavy (non-hydrogen) atoms. The van der Waals surface area contributed by atoms with Crippen molar-refractivity contribution >= 4 is 29.9 Å². The van der Waals surface area contributed by atoms with Gasteiger partial charge in [0.05, 0.1) is 10.7 Å². The molecule has 0 aliphatic heterocycles. The molecule has 0 saturated heterocycles. The summed E-state index contributed by atoms with van der Waals surface area (Å²) in [7, 11) is 0. The summed E-state index contributed by atoms with van der Waals surface area (Å²) in [6.45, 7) is 0. The molecule has 0 unspecified atom stereocenters. The summed E-state index contributed by atoms with van der Waals surface area (Å²) in [5, 5.41) is 0.714. The van der Waals surface area contributed by atoms with E-state index in [-0.39, 0.29) is 0 Å². The van der Waals surface area contributed by atoms with Gasteiger partial charge in [-0.15, -0.1) is 0 Å². The highest BCUT2D eigenvalue weighted by Crippen LogP contribution is 2.12. The van der Waals surface area contributed by atoms with E-state index in [0.717, 1.165) is 11.3 Å². The summed E-state index contributed by atoms with van der Waals surface area (Å²) in [6, 6.07) is 3.71. The first-order valence-electron chi connectivity index (χ1n) is 3.53. The van der Waals surface area contributed by atoms with Crippen LogP contribution in [0.3, 0.4) is 0 Å². The van der Waals surface area contributed by atoms with E-state index in [9.17, 15) is 0 Å². The van der Waals surface area contributed by atoms with Crippen LogP contribution in [0, 0.1) is 0 Å². The van der Waals surface area contributed by atoms with Crippen LogP contribution in [0.5, 0.6) is 0 Å². The highest BCUT2D eigenvalue weighted by Gasteiger charge is 1.98. The molecule has 0 fully saturated rings. The minimum absolute atomic E-state index is 0.652. The Hall–Kier alpha value is -0.670. The molecule has 0 spiro atoms. The average Bonchev–Trinajstić information content (AvgIpc) is 2.46. The fourth-order valence-electron chi connectivity index (χ4n) is 1.09. The Morgan fingerprint density at radius 3 is 3.00 bits per heavy atom. The molecule has 0 aliphatic rings. The molecule has 2 heterocycles. The summed E-state index contributed by atoms with van der Waals surface area (Å²) in [5.41, 5.74) is 1.86. The van der Waals surface area contributed by atoms with Gasteiger partial charge in [-0.1, -0.05) is 11.6 Å². The minimum atomic E-state index is 0.652. The van der Waals surface area contributed by atoms with Gasteiger partial charge in [0.15, 0.2) is 0 Å². The maximum absolute atomic E-state index is 5.80. The van der Waals surface area contributed by atoms with Crippen LogP contribution in [0.25, 0.3) is 5.65 Å². The third-order valence-corrected chi connectivity index (χ3v) is 2.17. The zero-order valence-electron chi connectivity index (χ0n) is 6.24. The van der Waals surface area contributed by atoms with Gasteiger partial charge in [-0.05, 0) is 12.1 Å². The Balaban J connectivity index is 2.67. The molecular weight excluding hydrogens is 192 g/mol. The topological polar surface area (TPSA) is 17.3 Å². The zero-order valence-corrected chi connectivity index (χ0v) is 7.89. The highest BCUT2D eigenvalue weighted by molar-refractivity contribution is 7.79. The standard InChI is InChI=1S/C8H7ClN2S/c9-6-1-2-8-10-7(5-12)4-11(8)3-6/h1-4,12H,5H2. The quantitative estimate of drug-likeness (QED) is 0.697. The lowest BCUT2D eigenvalue weighted by Gasteiger charge is -1.91. The molecule has 0 saturated carbocycles. The predicted molar refractivity (Wildman–Crippen MR) is 52.9 cm³/mol. The molecule has 2 nitrogen and oxygen atoms in total. The number of aromatic nitrogens is 2. The second-order valence-electron chi connectivity index (χ2n) is 2.50. The number of fused-ring (bicyclic) bond motifs is 1. The van der Waals surface area contributed by atoms with Gasteiger partial charge in [0.2, 0.25) is 0 Å². The molecule has 0 aliphatic carbocycles. The van der Waals surface area contributed by atoms with E-state index in [2.05, 4.69) is 17.6 Å². The van der Waals surface area contributed by atoms with Crippen LogP contribution in [-0.2, 0) is 5.75 Å². The number of halogens is 1. The molecule has 0 aromatic carbocycles. The molecule has 62 valence electrons. The van der Waals surface area contributed by atoms with Crippen molar-refractivity contribution in [3.05, 3.63) is 35.2 Å². The maximum atomic E-state index is 5.80. The summed E-state index contributed by atoms with van der Waals surface area (Å²) in [4.78, 5) is 4.30. The fourth-order valence-corrected chi connectivity index (χ4v) is 1.41. The Bertz CT molecular complexity index is 410. The molecule has 2 rings (SSSR count). The lowest BCUT2D eigenvalue weighted by atomic mass is 10.5. The lowest BCUT2D eigenvalue weighted by Crippen LogP contribution is -1.79. The van der Waals surface area contributed by atoms with Crippen molar-refractivity contribution in [3.8, 4) is 0 Å². The number of rotatable bonds is 1. The van der Waals surface area contributed by atoms with Crippen molar-refractivity contribution in [3.63, 3.8) is 0 Å². The summed E-state index contributed by atoms with van der Waals surface area (Å²) in [5.74, 6) is 0.652. The first kappa shape index (κ1) is 7.95. The third-order valence-electron chi connectivity index (χ3n) is 1.63. The fraction of sp³-hybridized carbons (Fsp3) is 0.125. The summed E-state index contributed by atoms with van der Waals surface area (Å²) < 4.78 is 1.90. The second-order valence-corrected chi connectivity index (χ2v) is 3.26. The minimum Gasteiger partial charge on any atom is -0.305 e. The average molecular weight is 199 g/mol. The Labute approximate surface area is 80.6 Å². The first-order chi connectivity index (χ1) is 5.79. The molecule has 0 bridgehead atoms. The van der Waals surface area contributed by atoms with Gasteiger partial charge >= 0.3 is 0 Å². The molecule has 4 heteroatoms. The van der Waals surface area contributed by atoms with Gasteiger partial charge in [-0.2, -0.15) is 12.6 Å². The van der Waals surface area contributed by atoms with Crippen LogP contribution in [0.2, 0.25) is 5.02 Å². The number of imidazole rings is 1. The van der Waals surface area contributed by atoms with Crippen molar-refractivity contribution in [2.45, 2.75) is 5.75 Å². The third kappa shape index (κ3) is 1.30. The highest BCUT2D eigenvalue weighted by atomic mass is 35.5. The van der Waals surface area contributed by atoms with Crippen molar-refractivity contribution in [1.82, 2.24) is 9.38 Å².